The van der Waals surface area contributed by atoms with Crippen molar-refractivity contribution < 1.29 is 14.0 Å². The molecule has 1 N–H and O–H groups in total. The molecule has 1 unspecified atom stereocenters. The lowest BCUT2D eigenvalue weighted by Crippen LogP contribution is -2.41. The fourth-order valence-corrected chi connectivity index (χ4v) is 4.80. The minimum atomic E-state index is -1.90. The first-order valence-electron chi connectivity index (χ1n) is 11.7. The van der Waals surface area contributed by atoms with E-state index in [9.17, 15) is 4.79 Å². The summed E-state index contributed by atoms with van der Waals surface area (Å²) in [5.41, 5.74) is 2.02. The van der Waals surface area contributed by atoms with Crippen molar-refractivity contribution in [1.29, 1.82) is 0 Å². The van der Waals surface area contributed by atoms with Crippen LogP contribution in [0, 0.1) is 0 Å². The monoisotopic (exact) mass is 549 g/mol. The van der Waals surface area contributed by atoms with E-state index in [1.807, 2.05) is 12.1 Å². The number of ether oxygens (including phenoxy) is 1. The molecule has 36 heavy (non-hydrogen) atoms. The smallest absolute Gasteiger partial charge is 0.255 e. The van der Waals surface area contributed by atoms with Gasteiger partial charge in [0.15, 0.2) is 8.32 Å². The Kier molecular flexibility index (Phi) is 9.16. The predicted molar refractivity (Wildman–Crippen MR) is 145 cm³/mol. The van der Waals surface area contributed by atoms with Gasteiger partial charge in [-0.1, -0.05) is 50.0 Å². The molecule has 0 saturated heterocycles. The van der Waals surface area contributed by atoms with Gasteiger partial charge in [0.25, 0.3) is 5.91 Å². The Labute approximate surface area is 223 Å². The molecule has 3 rings (SSSR count). The van der Waals surface area contributed by atoms with Crippen LogP contribution in [0.3, 0.4) is 0 Å². The van der Waals surface area contributed by atoms with Crippen LogP contribution in [0.15, 0.2) is 42.7 Å². The Morgan fingerprint density at radius 2 is 1.89 bits per heavy atom. The fourth-order valence-electron chi connectivity index (χ4n) is 3.43. The molecule has 0 aliphatic rings. The molecule has 0 aliphatic carbocycles. The Bertz CT molecular complexity index is 1180. The summed E-state index contributed by atoms with van der Waals surface area (Å²) in [6.45, 7) is 12.1. The van der Waals surface area contributed by atoms with Crippen LogP contribution in [-0.4, -0.2) is 54.7 Å². The molecule has 0 spiro atoms. The minimum Gasteiger partial charge on any atom is -0.496 e. The highest BCUT2D eigenvalue weighted by Crippen LogP contribution is 2.37. The van der Waals surface area contributed by atoms with E-state index in [1.165, 1.54) is 18.1 Å². The molecule has 1 aromatic heterocycles. The van der Waals surface area contributed by atoms with Gasteiger partial charge in [0, 0.05) is 19.1 Å². The summed E-state index contributed by atoms with van der Waals surface area (Å²) in [6.07, 6.45) is 2.18. The van der Waals surface area contributed by atoms with E-state index in [1.54, 1.807) is 24.3 Å². The zero-order valence-corrected chi connectivity index (χ0v) is 24.0. The van der Waals surface area contributed by atoms with Crippen LogP contribution in [0.1, 0.15) is 49.0 Å². The second kappa shape index (κ2) is 11.7. The van der Waals surface area contributed by atoms with E-state index >= 15 is 0 Å². The molecule has 0 saturated carbocycles. The number of carbonyl (C=O) groups excluding carboxylic acids is 1. The summed E-state index contributed by atoms with van der Waals surface area (Å²) in [6, 6.07) is 10.8. The molecule has 0 radical (unpaired) electrons. The van der Waals surface area contributed by atoms with Gasteiger partial charge in [-0.15, -0.1) is 5.10 Å². The van der Waals surface area contributed by atoms with Gasteiger partial charge >= 0.3 is 0 Å². The van der Waals surface area contributed by atoms with Gasteiger partial charge in [0.1, 0.15) is 12.1 Å². The highest BCUT2D eigenvalue weighted by molar-refractivity contribution is 6.74. The zero-order chi connectivity index (χ0) is 26.5. The van der Waals surface area contributed by atoms with Crippen LogP contribution in [0.5, 0.6) is 5.75 Å². The maximum Gasteiger partial charge on any atom is 0.255 e. The van der Waals surface area contributed by atoms with Gasteiger partial charge in [-0.3, -0.25) is 4.79 Å². The molecule has 3 aromatic rings. The minimum absolute atomic E-state index is 0.0258. The van der Waals surface area contributed by atoms with Crippen molar-refractivity contribution in [3.63, 3.8) is 0 Å². The maximum absolute atomic E-state index is 13.2. The van der Waals surface area contributed by atoms with Crippen LogP contribution in [0.2, 0.25) is 28.2 Å². The summed E-state index contributed by atoms with van der Waals surface area (Å²) in [7, 11) is -0.377. The molecular formula is C25H33Cl2N5O3Si. The van der Waals surface area contributed by atoms with Crippen molar-refractivity contribution in [3.05, 3.63) is 63.9 Å². The summed E-state index contributed by atoms with van der Waals surface area (Å²) >= 11 is 12.5. The Balaban J connectivity index is 1.78. The summed E-state index contributed by atoms with van der Waals surface area (Å²) in [4.78, 5) is 13.2. The molecular weight excluding hydrogens is 517 g/mol. The third kappa shape index (κ3) is 6.85. The van der Waals surface area contributed by atoms with E-state index in [2.05, 4.69) is 54.7 Å². The number of tetrazole rings is 1. The van der Waals surface area contributed by atoms with Crippen molar-refractivity contribution in [1.82, 2.24) is 25.5 Å². The van der Waals surface area contributed by atoms with Crippen LogP contribution < -0.4 is 10.1 Å². The van der Waals surface area contributed by atoms with Crippen molar-refractivity contribution in [2.75, 3.05) is 20.3 Å². The zero-order valence-electron chi connectivity index (χ0n) is 21.5. The first-order chi connectivity index (χ1) is 16.9. The Morgan fingerprint density at radius 1 is 1.14 bits per heavy atom. The lowest BCUT2D eigenvalue weighted by molar-refractivity contribution is 0.0946. The number of methoxy groups -OCH3 is 1. The van der Waals surface area contributed by atoms with Crippen LogP contribution >= 0.6 is 23.2 Å². The van der Waals surface area contributed by atoms with E-state index in [4.69, 9.17) is 32.4 Å². The standard InChI is InChI=1S/C25H33Cl2N5O3Si/c1-25(2,3)36(5,6)35-12-11-18(17-7-9-21(26)22(27)13-17)15-28-24(33)20-14-19(8-10-23(20)34-4)32-16-29-30-31-32/h7-10,13-14,16,18H,11-12,15H2,1-6H3,(H,28,33). The highest BCUT2D eigenvalue weighted by atomic mass is 35.5. The number of nitrogens with one attached hydrogen (secondary N) is 1. The van der Waals surface area contributed by atoms with Crippen LogP contribution in [0.4, 0.5) is 0 Å². The molecule has 1 atom stereocenters. The van der Waals surface area contributed by atoms with Crippen molar-refractivity contribution in [3.8, 4) is 11.4 Å². The topological polar surface area (TPSA) is 91.2 Å². The van der Waals surface area contributed by atoms with Crippen molar-refractivity contribution in [2.45, 2.75) is 51.2 Å². The number of hydrogen-bond acceptors (Lipinski definition) is 6. The third-order valence-corrected chi connectivity index (χ3v) is 12.0. The van der Waals surface area contributed by atoms with E-state index in [-0.39, 0.29) is 16.9 Å². The molecule has 0 fully saturated rings. The van der Waals surface area contributed by atoms with Gasteiger partial charge in [0.2, 0.25) is 0 Å². The Hall–Kier alpha value is -2.46. The van der Waals surface area contributed by atoms with Crippen LogP contribution in [-0.2, 0) is 4.43 Å². The first kappa shape index (κ1) is 28.1. The molecule has 8 nitrogen and oxygen atoms in total. The lowest BCUT2D eigenvalue weighted by Gasteiger charge is -2.36. The van der Waals surface area contributed by atoms with Crippen molar-refractivity contribution >= 4 is 37.4 Å². The van der Waals surface area contributed by atoms with E-state index < -0.39 is 8.32 Å². The molecule has 11 heteroatoms. The van der Waals surface area contributed by atoms with Gasteiger partial charge in [-0.25, -0.2) is 4.68 Å². The number of carbonyl (C=O) groups is 1. The number of amides is 1. The normalized spacial score (nSPS) is 12.9. The number of hydrogen-bond donors (Lipinski definition) is 1. The van der Waals surface area contributed by atoms with Gasteiger partial charge in [0.05, 0.1) is 28.4 Å². The number of rotatable bonds is 10. The number of nitrogens with zero attached hydrogens (tertiary/aromatic N) is 4. The number of benzene rings is 2. The van der Waals surface area contributed by atoms with Crippen molar-refractivity contribution in [2.24, 2.45) is 0 Å². The predicted octanol–water partition coefficient (Wildman–Crippen LogP) is 5.90. The highest BCUT2D eigenvalue weighted by Gasteiger charge is 2.37. The lowest BCUT2D eigenvalue weighted by atomic mass is 9.96. The molecule has 194 valence electrons. The quantitative estimate of drug-likeness (QED) is 0.316. The number of halogens is 2. The summed E-state index contributed by atoms with van der Waals surface area (Å²) < 4.78 is 13.3. The Morgan fingerprint density at radius 3 is 2.50 bits per heavy atom. The molecule has 0 aliphatic heterocycles. The average molecular weight is 551 g/mol. The van der Waals surface area contributed by atoms with Gasteiger partial charge < -0.3 is 14.5 Å². The summed E-state index contributed by atoms with van der Waals surface area (Å²) in [5, 5.41) is 15.3. The fraction of sp³-hybridized carbons (Fsp3) is 0.440. The van der Waals surface area contributed by atoms with Gasteiger partial charge in [-0.05, 0) is 70.9 Å². The second-order valence-corrected chi connectivity index (χ2v) is 15.7. The maximum atomic E-state index is 13.2. The average Bonchev–Trinajstić information content (AvgIpc) is 3.36. The second-order valence-electron chi connectivity index (χ2n) is 10.1. The largest absolute Gasteiger partial charge is 0.496 e. The van der Waals surface area contributed by atoms with Gasteiger partial charge in [-0.2, -0.15) is 0 Å². The SMILES string of the molecule is COc1ccc(-n2cnnn2)cc1C(=O)NCC(CCO[Si](C)(C)C(C)(C)C)c1ccc(Cl)c(Cl)c1. The third-order valence-electron chi connectivity index (χ3n) is 6.70. The number of aromatic nitrogens is 4. The van der Waals surface area contributed by atoms with E-state index in [0.29, 0.717) is 46.6 Å². The van der Waals surface area contributed by atoms with Crippen LogP contribution in [0.25, 0.3) is 5.69 Å². The molecule has 1 amide bonds. The first-order valence-corrected chi connectivity index (χ1v) is 15.4. The molecule has 1 heterocycles. The van der Waals surface area contributed by atoms with E-state index in [0.717, 1.165) is 5.56 Å². The summed E-state index contributed by atoms with van der Waals surface area (Å²) in [5.74, 6) is 0.163. The molecule has 2 aromatic carbocycles. The molecule has 0 bridgehead atoms.